The number of H-pyrrole nitrogens is 1. The fourth-order valence-electron chi connectivity index (χ4n) is 3.48. The lowest BCUT2D eigenvalue weighted by molar-refractivity contribution is -0.113. The van der Waals surface area contributed by atoms with E-state index >= 15 is 0 Å². The standard InChI is InChI=1S/C22H19N5O3S2/c1-30-11-10-27-20(29)19-18(13-6-2-3-7-14(13)23-19)26-22(27)31-12-17(28)25-21-24-15-8-4-5-9-16(15)32-21/h2-9,23H,10-12H2,1H3,(H,24,25,28). The van der Waals surface area contributed by atoms with Crippen molar-refractivity contribution in [3.63, 3.8) is 0 Å². The molecule has 0 atom stereocenters. The number of aromatic nitrogens is 4. The third-order valence-electron chi connectivity index (χ3n) is 4.97. The largest absolute Gasteiger partial charge is 0.383 e. The molecule has 0 spiro atoms. The van der Waals surface area contributed by atoms with Gasteiger partial charge >= 0.3 is 0 Å². The Morgan fingerprint density at radius 3 is 2.84 bits per heavy atom. The lowest BCUT2D eigenvalue weighted by Gasteiger charge is -2.11. The Morgan fingerprint density at radius 2 is 2.00 bits per heavy atom. The predicted molar refractivity (Wildman–Crippen MR) is 129 cm³/mol. The fraction of sp³-hybridized carbons (Fsp3) is 0.182. The number of rotatable bonds is 7. The highest BCUT2D eigenvalue weighted by Gasteiger charge is 2.17. The molecule has 5 aromatic rings. The molecule has 0 aliphatic carbocycles. The molecule has 0 aliphatic rings. The highest BCUT2D eigenvalue weighted by atomic mass is 32.2. The Labute approximate surface area is 190 Å². The number of carbonyl (C=O) groups is 1. The molecule has 3 heterocycles. The van der Waals surface area contributed by atoms with E-state index in [-0.39, 0.29) is 17.2 Å². The van der Waals surface area contributed by atoms with Gasteiger partial charge in [-0.1, -0.05) is 53.4 Å². The number of anilines is 1. The topological polar surface area (TPSA) is 102 Å². The summed E-state index contributed by atoms with van der Waals surface area (Å²) in [5.41, 5.74) is 2.57. The normalized spacial score (nSPS) is 11.5. The van der Waals surface area contributed by atoms with Gasteiger partial charge in [0.1, 0.15) is 11.0 Å². The van der Waals surface area contributed by atoms with Crippen LogP contribution < -0.4 is 10.9 Å². The summed E-state index contributed by atoms with van der Waals surface area (Å²) in [6.07, 6.45) is 0. The zero-order chi connectivity index (χ0) is 22.1. The minimum Gasteiger partial charge on any atom is -0.383 e. The Morgan fingerprint density at radius 1 is 1.19 bits per heavy atom. The molecule has 2 N–H and O–H groups in total. The highest BCUT2D eigenvalue weighted by Crippen LogP contribution is 2.27. The second-order valence-electron chi connectivity index (χ2n) is 7.06. The first kappa shape index (κ1) is 20.7. The smallest absolute Gasteiger partial charge is 0.278 e. The van der Waals surface area contributed by atoms with Crippen molar-refractivity contribution in [3.05, 3.63) is 58.9 Å². The van der Waals surface area contributed by atoms with Crippen molar-refractivity contribution >= 4 is 66.3 Å². The first-order chi connectivity index (χ1) is 15.6. The van der Waals surface area contributed by atoms with E-state index in [4.69, 9.17) is 9.72 Å². The van der Waals surface area contributed by atoms with E-state index in [0.717, 1.165) is 21.1 Å². The van der Waals surface area contributed by atoms with Crippen LogP contribution in [0, 0.1) is 0 Å². The lowest BCUT2D eigenvalue weighted by Crippen LogP contribution is -2.26. The van der Waals surface area contributed by atoms with Gasteiger partial charge in [0.2, 0.25) is 5.91 Å². The van der Waals surface area contributed by atoms with Crippen LogP contribution in [-0.4, -0.2) is 44.9 Å². The van der Waals surface area contributed by atoms with Crippen LogP contribution >= 0.6 is 23.1 Å². The molecule has 0 saturated carbocycles. The number of nitrogens with zero attached hydrogens (tertiary/aromatic N) is 3. The Balaban J connectivity index is 1.43. The molecule has 1 amide bonds. The molecule has 0 unspecified atom stereocenters. The number of methoxy groups -OCH3 is 1. The molecule has 32 heavy (non-hydrogen) atoms. The maximum Gasteiger partial charge on any atom is 0.278 e. The molecule has 162 valence electrons. The first-order valence-corrected chi connectivity index (χ1v) is 11.7. The van der Waals surface area contributed by atoms with Gasteiger partial charge in [-0.15, -0.1) is 0 Å². The number of ether oxygens (including phenoxy) is 1. The molecule has 5 rings (SSSR count). The number of thioether (sulfide) groups is 1. The van der Waals surface area contributed by atoms with Crippen LogP contribution in [0.25, 0.3) is 32.2 Å². The molecule has 0 radical (unpaired) electrons. The lowest BCUT2D eigenvalue weighted by atomic mass is 10.2. The molecule has 3 aromatic heterocycles. The summed E-state index contributed by atoms with van der Waals surface area (Å²) in [5, 5.41) is 4.74. The van der Waals surface area contributed by atoms with Crippen LogP contribution in [0.1, 0.15) is 0 Å². The van der Waals surface area contributed by atoms with E-state index in [0.29, 0.717) is 34.5 Å². The van der Waals surface area contributed by atoms with Crippen molar-refractivity contribution in [2.45, 2.75) is 11.7 Å². The first-order valence-electron chi connectivity index (χ1n) is 9.92. The molecule has 10 heteroatoms. The minimum atomic E-state index is -0.208. The third-order valence-corrected chi connectivity index (χ3v) is 6.90. The van der Waals surface area contributed by atoms with Gasteiger partial charge in [0.05, 0.1) is 29.1 Å². The molecule has 2 aromatic carbocycles. The van der Waals surface area contributed by atoms with Crippen molar-refractivity contribution in [2.75, 3.05) is 24.8 Å². The van der Waals surface area contributed by atoms with E-state index in [2.05, 4.69) is 15.3 Å². The number of amides is 1. The molecule has 0 bridgehead atoms. The second kappa shape index (κ2) is 8.73. The third kappa shape index (κ3) is 3.88. The summed E-state index contributed by atoms with van der Waals surface area (Å²) < 4.78 is 7.73. The van der Waals surface area contributed by atoms with E-state index in [1.165, 1.54) is 23.1 Å². The zero-order valence-corrected chi connectivity index (χ0v) is 18.8. The highest BCUT2D eigenvalue weighted by molar-refractivity contribution is 7.99. The maximum absolute atomic E-state index is 13.2. The molecule has 0 fully saturated rings. The molecular weight excluding hydrogens is 446 g/mol. The van der Waals surface area contributed by atoms with Gasteiger partial charge in [-0.3, -0.25) is 14.2 Å². The quantitative estimate of drug-likeness (QED) is 0.280. The number of thiazole rings is 1. The van der Waals surface area contributed by atoms with E-state index < -0.39 is 0 Å². The zero-order valence-electron chi connectivity index (χ0n) is 17.1. The number of nitrogens with one attached hydrogen (secondary N) is 2. The average molecular weight is 466 g/mol. The summed E-state index contributed by atoms with van der Waals surface area (Å²) >= 11 is 2.64. The number of hydrogen-bond acceptors (Lipinski definition) is 7. The SMILES string of the molecule is COCCn1c(SCC(=O)Nc2nc3ccccc3s2)nc2c([nH]c3ccccc32)c1=O. The number of benzene rings is 2. The van der Waals surface area contributed by atoms with Crippen molar-refractivity contribution in [3.8, 4) is 0 Å². The monoisotopic (exact) mass is 465 g/mol. The Kier molecular flexibility index (Phi) is 5.64. The van der Waals surface area contributed by atoms with E-state index in [1.54, 1.807) is 11.7 Å². The van der Waals surface area contributed by atoms with Gasteiger partial charge in [-0.2, -0.15) is 0 Å². The number of fused-ring (bicyclic) bond motifs is 4. The van der Waals surface area contributed by atoms with Crippen LogP contribution in [0.2, 0.25) is 0 Å². The molecule has 0 saturated heterocycles. The number of hydrogen-bond donors (Lipinski definition) is 2. The van der Waals surface area contributed by atoms with Gasteiger partial charge < -0.3 is 15.0 Å². The number of carbonyl (C=O) groups excluding carboxylic acids is 1. The van der Waals surface area contributed by atoms with Crippen LogP contribution in [0.4, 0.5) is 5.13 Å². The predicted octanol–water partition coefficient (Wildman–Crippen LogP) is 3.86. The van der Waals surface area contributed by atoms with Gasteiger partial charge in [0.15, 0.2) is 10.3 Å². The van der Waals surface area contributed by atoms with Crippen molar-refractivity contribution in [1.82, 2.24) is 19.5 Å². The summed E-state index contributed by atoms with van der Waals surface area (Å²) in [7, 11) is 1.58. The van der Waals surface area contributed by atoms with Crippen LogP contribution in [0.15, 0.2) is 58.5 Å². The summed E-state index contributed by atoms with van der Waals surface area (Å²) in [6, 6.07) is 15.4. The van der Waals surface area contributed by atoms with Crippen LogP contribution in [0.5, 0.6) is 0 Å². The van der Waals surface area contributed by atoms with Crippen molar-refractivity contribution in [2.24, 2.45) is 0 Å². The molecular formula is C22H19N5O3S2. The average Bonchev–Trinajstić information content (AvgIpc) is 3.38. The van der Waals surface area contributed by atoms with E-state index in [9.17, 15) is 9.59 Å². The van der Waals surface area contributed by atoms with E-state index in [1.807, 2.05) is 48.5 Å². The molecule has 0 aliphatic heterocycles. The van der Waals surface area contributed by atoms with Crippen molar-refractivity contribution in [1.29, 1.82) is 0 Å². The Hall–Kier alpha value is -3.21. The van der Waals surface area contributed by atoms with Crippen molar-refractivity contribution < 1.29 is 9.53 Å². The maximum atomic E-state index is 13.2. The summed E-state index contributed by atoms with van der Waals surface area (Å²) in [6.45, 7) is 0.703. The molecule has 8 nitrogen and oxygen atoms in total. The van der Waals surface area contributed by atoms with Gasteiger partial charge in [-0.05, 0) is 18.2 Å². The number of aromatic amines is 1. The summed E-state index contributed by atoms with van der Waals surface area (Å²) in [5.74, 6) is -0.107. The van der Waals surface area contributed by atoms with Crippen LogP contribution in [-0.2, 0) is 16.1 Å². The van der Waals surface area contributed by atoms with Gasteiger partial charge in [0.25, 0.3) is 5.56 Å². The van der Waals surface area contributed by atoms with Gasteiger partial charge in [0, 0.05) is 18.0 Å². The number of para-hydroxylation sites is 2. The van der Waals surface area contributed by atoms with Gasteiger partial charge in [-0.25, -0.2) is 9.97 Å². The second-order valence-corrected chi connectivity index (χ2v) is 9.03. The van der Waals surface area contributed by atoms with Crippen LogP contribution in [0.3, 0.4) is 0 Å². The fourth-order valence-corrected chi connectivity index (χ4v) is 5.18. The minimum absolute atomic E-state index is 0.100. The summed E-state index contributed by atoms with van der Waals surface area (Å²) in [4.78, 5) is 38.1. The Bertz CT molecular complexity index is 1470.